The fourth-order valence-corrected chi connectivity index (χ4v) is 3.74. The van der Waals surface area contributed by atoms with Crippen LogP contribution in [0, 0.1) is 5.92 Å². The molecule has 0 spiro atoms. The molecule has 1 aromatic rings. The quantitative estimate of drug-likeness (QED) is 0.838. The van der Waals surface area contributed by atoms with E-state index < -0.39 is 0 Å². The highest BCUT2D eigenvalue weighted by atomic mass is 35.5. The van der Waals surface area contributed by atoms with Crippen molar-refractivity contribution >= 4 is 42.1 Å². The first-order valence-electron chi connectivity index (χ1n) is 7.84. The summed E-state index contributed by atoms with van der Waals surface area (Å²) in [6.45, 7) is 7.09. The summed E-state index contributed by atoms with van der Waals surface area (Å²) in [5.74, 6) is 0.509. The summed E-state index contributed by atoms with van der Waals surface area (Å²) >= 11 is 1.64. The predicted octanol–water partition coefficient (Wildman–Crippen LogP) is 3.46. The van der Waals surface area contributed by atoms with Crippen LogP contribution in [0.5, 0.6) is 0 Å². The standard InChI is InChI=1S/C16H27N3OS.2ClH/c1-16(2,3)15-18-12(10-21-15)8-14(20)19-13-7-5-4-6-11(13)9-17;;/h10-11,13H,4-9,17H2,1-3H3,(H,19,20);2*1H. The van der Waals surface area contributed by atoms with Crippen molar-refractivity contribution in [1.29, 1.82) is 0 Å². The first-order chi connectivity index (χ1) is 9.90. The number of hydrogen-bond donors (Lipinski definition) is 2. The molecule has 134 valence electrons. The third kappa shape index (κ3) is 6.57. The Morgan fingerprint density at radius 1 is 1.35 bits per heavy atom. The highest BCUT2D eigenvalue weighted by Crippen LogP contribution is 2.26. The van der Waals surface area contributed by atoms with Crippen LogP contribution in [0.2, 0.25) is 0 Å². The normalized spacial score (nSPS) is 21.0. The highest BCUT2D eigenvalue weighted by Gasteiger charge is 2.25. The lowest BCUT2D eigenvalue weighted by atomic mass is 9.84. The molecule has 3 N–H and O–H groups in total. The number of nitrogens with two attached hydrogens (primary N) is 1. The smallest absolute Gasteiger partial charge is 0.226 e. The van der Waals surface area contributed by atoms with Crippen LogP contribution in [0.15, 0.2) is 5.38 Å². The van der Waals surface area contributed by atoms with Gasteiger partial charge in [-0.25, -0.2) is 4.98 Å². The van der Waals surface area contributed by atoms with E-state index in [9.17, 15) is 4.79 Å². The van der Waals surface area contributed by atoms with Crippen LogP contribution in [0.25, 0.3) is 0 Å². The second-order valence-corrected chi connectivity index (χ2v) is 7.88. The molecule has 1 heterocycles. The SMILES string of the molecule is CC(C)(C)c1nc(CC(=O)NC2CCCCC2CN)cs1.Cl.Cl. The molecule has 1 aliphatic rings. The van der Waals surface area contributed by atoms with E-state index in [-0.39, 0.29) is 42.2 Å². The molecular formula is C16H29Cl2N3OS. The lowest BCUT2D eigenvalue weighted by molar-refractivity contribution is -0.121. The van der Waals surface area contributed by atoms with Gasteiger partial charge in [-0.3, -0.25) is 4.79 Å². The van der Waals surface area contributed by atoms with Gasteiger partial charge in [0.2, 0.25) is 5.91 Å². The minimum absolute atomic E-state index is 0. The van der Waals surface area contributed by atoms with E-state index in [0.717, 1.165) is 23.5 Å². The summed E-state index contributed by atoms with van der Waals surface area (Å²) < 4.78 is 0. The lowest BCUT2D eigenvalue weighted by Crippen LogP contribution is -2.45. The number of hydrogen-bond acceptors (Lipinski definition) is 4. The summed E-state index contributed by atoms with van der Waals surface area (Å²) in [6.07, 6.45) is 4.98. The first kappa shape index (κ1) is 22.6. The number of aromatic nitrogens is 1. The van der Waals surface area contributed by atoms with Crippen LogP contribution < -0.4 is 11.1 Å². The van der Waals surface area contributed by atoms with E-state index in [4.69, 9.17) is 5.73 Å². The molecule has 0 bridgehead atoms. The molecule has 0 radical (unpaired) electrons. The van der Waals surface area contributed by atoms with Gasteiger partial charge in [-0.15, -0.1) is 36.2 Å². The lowest BCUT2D eigenvalue weighted by Gasteiger charge is -2.31. The van der Waals surface area contributed by atoms with Gasteiger partial charge in [0.1, 0.15) is 0 Å². The second kappa shape index (κ2) is 9.82. The highest BCUT2D eigenvalue weighted by molar-refractivity contribution is 7.09. The van der Waals surface area contributed by atoms with Gasteiger partial charge in [-0.05, 0) is 25.3 Å². The summed E-state index contributed by atoms with van der Waals surface area (Å²) in [5.41, 5.74) is 6.74. The number of halogens is 2. The molecule has 1 fully saturated rings. The van der Waals surface area contributed by atoms with Crippen molar-refractivity contribution in [3.8, 4) is 0 Å². The van der Waals surface area contributed by atoms with Crippen molar-refractivity contribution in [1.82, 2.24) is 10.3 Å². The third-order valence-electron chi connectivity index (χ3n) is 4.09. The number of nitrogens with zero attached hydrogens (tertiary/aromatic N) is 1. The zero-order valence-electron chi connectivity index (χ0n) is 14.1. The minimum Gasteiger partial charge on any atom is -0.353 e. The largest absolute Gasteiger partial charge is 0.353 e. The van der Waals surface area contributed by atoms with Gasteiger partial charge in [0, 0.05) is 16.8 Å². The number of nitrogens with one attached hydrogen (secondary N) is 1. The van der Waals surface area contributed by atoms with Gasteiger partial charge in [-0.1, -0.05) is 33.6 Å². The number of rotatable bonds is 4. The van der Waals surface area contributed by atoms with E-state index >= 15 is 0 Å². The molecule has 0 aromatic carbocycles. The Labute approximate surface area is 155 Å². The predicted molar refractivity (Wildman–Crippen MR) is 102 cm³/mol. The number of carbonyl (C=O) groups excluding carboxylic acids is 1. The van der Waals surface area contributed by atoms with Gasteiger partial charge >= 0.3 is 0 Å². The average molecular weight is 382 g/mol. The molecule has 4 nitrogen and oxygen atoms in total. The molecule has 23 heavy (non-hydrogen) atoms. The molecule has 7 heteroatoms. The van der Waals surface area contributed by atoms with Crippen molar-refractivity contribution in [2.24, 2.45) is 11.7 Å². The topological polar surface area (TPSA) is 68.0 Å². The Balaban J connectivity index is 0.00000242. The zero-order valence-corrected chi connectivity index (χ0v) is 16.6. The Morgan fingerprint density at radius 2 is 2.00 bits per heavy atom. The van der Waals surface area contributed by atoms with Gasteiger partial charge in [-0.2, -0.15) is 0 Å². The van der Waals surface area contributed by atoms with Crippen LogP contribution in [0.3, 0.4) is 0 Å². The Kier molecular flexibility index (Phi) is 9.67. The van der Waals surface area contributed by atoms with Crippen LogP contribution in [-0.2, 0) is 16.6 Å². The minimum atomic E-state index is 0. The van der Waals surface area contributed by atoms with E-state index in [1.54, 1.807) is 11.3 Å². The Hall–Kier alpha value is -0.360. The van der Waals surface area contributed by atoms with Gasteiger partial charge in [0.15, 0.2) is 0 Å². The van der Waals surface area contributed by atoms with E-state index in [1.165, 1.54) is 12.8 Å². The Morgan fingerprint density at radius 3 is 2.57 bits per heavy atom. The molecule has 1 aromatic heterocycles. The summed E-state index contributed by atoms with van der Waals surface area (Å²) in [7, 11) is 0. The summed E-state index contributed by atoms with van der Waals surface area (Å²) in [4.78, 5) is 16.8. The maximum absolute atomic E-state index is 12.2. The maximum atomic E-state index is 12.2. The molecule has 0 aliphatic heterocycles. The van der Waals surface area contributed by atoms with E-state index in [2.05, 4.69) is 31.1 Å². The van der Waals surface area contributed by atoms with Crippen molar-refractivity contribution < 1.29 is 4.79 Å². The molecule has 2 unspecified atom stereocenters. The van der Waals surface area contributed by atoms with Crippen molar-refractivity contribution in [3.63, 3.8) is 0 Å². The van der Waals surface area contributed by atoms with Gasteiger partial charge in [0.25, 0.3) is 0 Å². The van der Waals surface area contributed by atoms with E-state index in [0.29, 0.717) is 18.9 Å². The summed E-state index contributed by atoms with van der Waals surface area (Å²) in [6, 6.07) is 0.247. The number of amides is 1. The molecule has 2 rings (SSSR count). The number of thiazole rings is 1. The zero-order chi connectivity index (χ0) is 15.5. The van der Waals surface area contributed by atoms with Gasteiger partial charge in [0.05, 0.1) is 17.1 Å². The van der Waals surface area contributed by atoms with Crippen molar-refractivity contribution in [2.45, 2.75) is 64.3 Å². The fourth-order valence-electron chi connectivity index (χ4n) is 2.83. The molecule has 2 atom stereocenters. The Bertz CT molecular complexity index is 488. The van der Waals surface area contributed by atoms with Crippen molar-refractivity contribution in [2.75, 3.05) is 6.54 Å². The molecule has 1 aliphatic carbocycles. The fraction of sp³-hybridized carbons (Fsp3) is 0.750. The monoisotopic (exact) mass is 381 g/mol. The molecule has 0 saturated heterocycles. The summed E-state index contributed by atoms with van der Waals surface area (Å²) in [5, 5.41) is 6.25. The average Bonchev–Trinajstić information content (AvgIpc) is 2.87. The van der Waals surface area contributed by atoms with Crippen LogP contribution in [0.1, 0.15) is 57.2 Å². The van der Waals surface area contributed by atoms with Crippen LogP contribution in [-0.4, -0.2) is 23.5 Å². The number of carbonyl (C=O) groups is 1. The second-order valence-electron chi connectivity index (χ2n) is 7.03. The molecule has 1 amide bonds. The van der Waals surface area contributed by atoms with Gasteiger partial charge < -0.3 is 11.1 Å². The third-order valence-corrected chi connectivity index (χ3v) is 5.41. The molecular weight excluding hydrogens is 353 g/mol. The van der Waals surface area contributed by atoms with E-state index in [1.807, 2.05) is 5.38 Å². The van der Waals surface area contributed by atoms with Crippen LogP contribution in [0.4, 0.5) is 0 Å². The van der Waals surface area contributed by atoms with Crippen LogP contribution >= 0.6 is 36.2 Å². The van der Waals surface area contributed by atoms with Crippen molar-refractivity contribution in [3.05, 3.63) is 16.1 Å². The maximum Gasteiger partial charge on any atom is 0.226 e. The molecule has 1 saturated carbocycles. The first-order valence-corrected chi connectivity index (χ1v) is 8.72.